The number of nitrogens with zero attached hydrogens (tertiary/aromatic N) is 2. The average Bonchev–Trinajstić information content (AvgIpc) is 2.65. The van der Waals surface area contributed by atoms with Crippen LogP contribution in [0.4, 0.5) is 8.78 Å². The van der Waals surface area contributed by atoms with Gasteiger partial charge in [-0.1, -0.05) is 0 Å². The van der Waals surface area contributed by atoms with Gasteiger partial charge in [0.1, 0.15) is 6.54 Å². The third-order valence-corrected chi connectivity index (χ3v) is 4.08. The second-order valence-corrected chi connectivity index (χ2v) is 6.50. The van der Waals surface area contributed by atoms with Crippen LogP contribution in [0.25, 0.3) is 0 Å². The Morgan fingerprint density at radius 3 is 2.20 bits per heavy atom. The molecule has 1 aromatic heterocycles. The number of hydrogen-bond donors (Lipinski definition) is 0. The molecular formula is C13H21BF2N2O2. The molecule has 0 unspecified atom stereocenters. The Bertz CT molecular complexity index is 493. The second kappa shape index (κ2) is 4.53. The Labute approximate surface area is 118 Å². The summed E-state index contributed by atoms with van der Waals surface area (Å²) in [5, 5.41) is 4.02. The van der Waals surface area contributed by atoms with Crippen LogP contribution in [-0.4, -0.2) is 34.0 Å². The highest BCUT2D eigenvalue weighted by molar-refractivity contribution is 6.62. The number of aromatic nitrogens is 2. The Balaban J connectivity index is 2.24. The van der Waals surface area contributed by atoms with Gasteiger partial charge in [0.15, 0.2) is 0 Å². The van der Waals surface area contributed by atoms with E-state index in [1.165, 1.54) is 4.68 Å². The van der Waals surface area contributed by atoms with E-state index in [1.807, 2.05) is 27.7 Å². The quantitative estimate of drug-likeness (QED) is 0.799. The second-order valence-electron chi connectivity index (χ2n) is 6.50. The van der Waals surface area contributed by atoms with E-state index in [-0.39, 0.29) is 0 Å². The van der Waals surface area contributed by atoms with Gasteiger partial charge in [-0.05, 0) is 34.6 Å². The fraction of sp³-hybridized carbons (Fsp3) is 0.769. The Hall–Kier alpha value is -0.945. The van der Waals surface area contributed by atoms with E-state index in [1.54, 1.807) is 13.1 Å². The van der Waals surface area contributed by atoms with Crippen LogP contribution in [0.3, 0.4) is 0 Å². The summed E-state index contributed by atoms with van der Waals surface area (Å²) in [4.78, 5) is 0. The summed E-state index contributed by atoms with van der Waals surface area (Å²) in [6.45, 7) is 9.99. The zero-order valence-electron chi connectivity index (χ0n) is 12.8. The molecule has 20 heavy (non-hydrogen) atoms. The summed E-state index contributed by atoms with van der Waals surface area (Å²) in [6.07, 6.45) is 1.54. The third kappa shape index (κ3) is 2.74. The summed E-state index contributed by atoms with van der Waals surface area (Å²) >= 11 is 0. The summed E-state index contributed by atoms with van der Waals surface area (Å²) in [5.41, 5.74) is 0.430. The minimum Gasteiger partial charge on any atom is -0.399 e. The van der Waals surface area contributed by atoms with Gasteiger partial charge in [0.25, 0.3) is 5.92 Å². The van der Waals surface area contributed by atoms with Crippen LogP contribution < -0.4 is 5.46 Å². The fourth-order valence-electron chi connectivity index (χ4n) is 2.08. The van der Waals surface area contributed by atoms with Crippen molar-refractivity contribution in [2.45, 2.75) is 65.2 Å². The molecular weight excluding hydrogens is 265 g/mol. The predicted octanol–water partition coefficient (Wildman–Crippen LogP) is 2.15. The van der Waals surface area contributed by atoms with Gasteiger partial charge in [-0.15, -0.1) is 0 Å². The van der Waals surface area contributed by atoms with Gasteiger partial charge in [-0.2, -0.15) is 5.10 Å². The third-order valence-electron chi connectivity index (χ3n) is 4.08. The summed E-state index contributed by atoms with van der Waals surface area (Å²) in [5.74, 6) is -2.80. The lowest BCUT2D eigenvalue weighted by Crippen LogP contribution is -2.41. The standard InChI is InChI=1S/C13H21BF2N2O2/c1-9-10(7-17-18(9)8-13(6,15)16)14-19-11(2,3)12(4,5)20-14/h7H,8H2,1-6H3. The van der Waals surface area contributed by atoms with Crippen molar-refractivity contribution in [1.82, 2.24) is 9.78 Å². The van der Waals surface area contributed by atoms with Crippen LogP contribution in [0.5, 0.6) is 0 Å². The molecule has 2 rings (SSSR count). The highest BCUT2D eigenvalue weighted by atomic mass is 19.3. The van der Waals surface area contributed by atoms with Crippen molar-refractivity contribution >= 4 is 12.6 Å². The van der Waals surface area contributed by atoms with Crippen LogP contribution in [0.1, 0.15) is 40.3 Å². The maximum Gasteiger partial charge on any atom is 0.498 e. The monoisotopic (exact) mass is 286 g/mol. The molecule has 7 heteroatoms. The number of hydrogen-bond acceptors (Lipinski definition) is 3. The first-order valence-corrected chi connectivity index (χ1v) is 6.69. The maximum atomic E-state index is 13.1. The van der Waals surface area contributed by atoms with Crippen LogP contribution in [0.15, 0.2) is 6.20 Å². The SMILES string of the molecule is Cc1c(B2OC(C)(C)C(C)(C)O2)cnn1CC(C)(F)F. The van der Waals surface area contributed by atoms with E-state index in [0.29, 0.717) is 11.2 Å². The molecule has 0 N–H and O–H groups in total. The lowest BCUT2D eigenvalue weighted by atomic mass is 9.79. The molecule has 0 amide bonds. The zero-order valence-corrected chi connectivity index (χ0v) is 12.8. The first-order valence-electron chi connectivity index (χ1n) is 6.69. The van der Waals surface area contributed by atoms with Crippen LogP contribution in [0.2, 0.25) is 0 Å². The van der Waals surface area contributed by atoms with E-state index in [2.05, 4.69) is 5.10 Å². The summed E-state index contributed by atoms with van der Waals surface area (Å²) in [6, 6.07) is 0. The van der Waals surface area contributed by atoms with Crippen molar-refractivity contribution < 1.29 is 18.1 Å². The molecule has 1 saturated heterocycles. The van der Waals surface area contributed by atoms with Crippen molar-refractivity contribution in [2.75, 3.05) is 0 Å². The molecule has 1 aliphatic heterocycles. The first-order chi connectivity index (χ1) is 8.93. The molecule has 1 aliphatic rings. The largest absolute Gasteiger partial charge is 0.498 e. The molecule has 0 radical (unpaired) electrons. The van der Waals surface area contributed by atoms with E-state index in [0.717, 1.165) is 6.92 Å². The highest BCUT2D eigenvalue weighted by Crippen LogP contribution is 2.36. The van der Waals surface area contributed by atoms with Crippen molar-refractivity contribution in [1.29, 1.82) is 0 Å². The number of halogens is 2. The molecule has 0 bridgehead atoms. The molecule has 4 nitrogen and oxygen atoms in total. The Morgan fingerprint density at radius 2 is 1.75 bits per heavy atom. The van der Waals surface area contributed by atoms with Gasteiger partial charge in [0.2, 0.25) is 0 Å². The fourth-order valence-corrected chi connectivity index (χ4v) is 2.08. The molecule has 1 aromatic rings. The van der Waals surface area contributed by atoms with Gasteiger partial charge in [0, 0.05) is 24.3 Å². The maximum absolute atomic E-state index is 13.1. The lowest BCUT2D eigenvalue weighted by Gasteiger charge is -2.32. The van der Waals surface area contributed by atoms with Gasteiger partial charge in [0.05, 0.1) is 11.2 Å². The van der Waals surface area contributed by atoms with Crippen molar-refractivity contribution in [3.05, 3.63) is 11.9 Å². The Morgan fingerprint density at radius 1 is 1.25 bits per heavy atom. The number of rotatable bonds is 3. The predicted molar refractivity (Wildman–Crippen MR) is 73.3 cm³/mol. The molecule has 2 heterocycles. The molecule has 1 fully saturated rings. The molecule has 0 aliphatic carbocycles. The van der Waals surface area contributed by atoms with E-state index in [9.17, 15) is 8.78 Å². The van der Waals surface area contributed by atoms with Gasteiger partial charge >= 0.3 is 7.12 Å². The summed E-state index contributed by atoms with van der Waals surface area (Å²) in [7, 11) is -0.570. The smallest absolute Gasteiger partial charge is 0.399 e. The van der Waals surface area contributed by atoms with Crippen LogP contribution in [-0.2, 0) is 15.9 Å². The van der Waals surface area contributed by atoms with Gasteiger partial charge < -0.3 is 9.31 Å². The highest BCUT2D eigenvalue weighted by Gasteiger charge is 2.52. The van der Waals surface area contributed by atoms with E-state index < -0.39 is 30.8 Å². The summed E-state index contributed by atoms with van der Waals surface area (Å²) < 4.78 is 39.3. The molecule has 0 saturated carbocycles. The Kier molecular flexibility index (Phi) is 3.50. The number of alkyl halides is 2. The van der Waals surface area contributed by atoms with E-state index in [4.69, 9.17) is 9.31 Å². The normalized spacial score (nSPS) is 21.5. The van der Waals surface area contributed by atoms with Gasteiger partial charge in [-0.3, -0.25) is 4.68 Å². The van der Waals surface area contributed by atoms with E-state index >= 15 is 0 Å². The minimum absolute atomic E-state index is 0.446. The van der Waals surface area contributed by atoms with Crippen molar-refractivity contribution in [3.63, 3.8) is 0 Å². The van der Waals surface area contributed by atoms with Crippen LogP contribution >= 0.6 is 0 Å². The van der Waals surface area contributed by atoms with Crippen molar-refractivity contribution in [2.24, 2.45) is 0 Å². The topological polar surface area (TPSA) is 36.3 Å². The minimum atomic E-state index is -2.80. The molecule has 0 spiro atoms. The molecule has 112 valence electrons. The molecule has 0 atom stereocenters. The van der Waals surface area contributed by atoms with Crippen molar-refractivity contribution in [3.8, 4) is 0 Å². The van der Waals surface area contributed by atoms with Gasteiger partial charge in [-0.25, -0.2) is 8.78 Å². The zero-order chi connectivity index (χ0) is 15.3. The average molecular weight is 286 g/mol. The molecule has 0 aromatic carbocycles. The lowest BCUT2D eigenvalue weighted by molar-refractivity contribution is 0.0000263. The van der Waals surface area contributed by atoms with Crippen LogP contribution in [0, 0.1) is 6.92 Å². The first kappa shape index (κ1) is 15.4.